The van der Waals surface area contributed by atoms with Crippen LogP contribution in [0, 0.1) is 6.92 Å². The molecule has 0 spiro atoms. The van der Waals surface area contributed by atoms with E-state index in [9.17, 15) is 4.79 Å². The quantitative estimate of drug-likeness (QED) is 0.942. The first kappa shape index (κ1) is 14.8. The van der Waals surface area contributed by atoms with E-state index >= 15 is 0 Å². The van der Waals surface area contributed by atoms with Gasteiger partial charge >= 0.3 is 0 Å². The number of aryl methyl sites for hydroxylation is 1. The zero-order valence-corrected chi connectivity index (χ0v) is 13.4. The Balaban J connectivity index is 1.73. The van der Waals surface area contributed by atoms with Crippen LogP contribution in [0.3, 0.4) is 0 Å². The predicted octanol–water partition coefficient (Wildman–Crippen LogP) is 3.02. The Bertz CT molecular complexity index is 688. The zero-order chi connectivity index (χ0) is 15.9. The summed E-state index contributed by atoms with van der Waals surface area (Å²) in [7, 11) is 0. The van der Waals surface area contributed by atoms with Crippen molar-refractivity contribution < 1.29 is 9.32 Å². The van der Waals surface area contributed by atoms with Crippen molar-refractivity contribution in [2.45, 2.75) is 51.5 Å². The first-order valence-electron chi connectivity index (χ1n) is 7.56. The molecule has 1 N–H and O–H groups in total. The lowest BCUT2D eigenvalue weighted by Gasteiger charge is -2.20. The van der Waals surface area contributed by atoms with Gasteiger partial charge in [0.2, 0.25) is 11.8 Å². The van der Waals surface area contributed by atoms with E-state index < -0.39 is 5.54 Å². The summed E-state index contributed by atoms with van der Waals surface area (Å²) in [5.41, 5.74) is 1.96. The fourth-order valence-electron chi connectivity index (χ4n) is 2.79. The third-order valence-electron chi connectivity index (χ3n) is 4.10. The SMILES string of the molecule is CC(=O)NC(C)(C)c1noc([C@@H]2C[C@H]2c2ccc(C)cc2)n1. The maximum Gasteiger partial charge on any atom is 0.230 e. The van der Waals surface area contributed by atoms with E-state index in [1.165, 1.54) is 18.1 Å². The maximum absolute atomic E-state index is 11.3. The highest BCUT2D eigenvalue weighted by atomic mass is 16.5. The molecule has 22 heavy (non-hydrogen) atoms. The summed E-state index contributed by atoms with van der Waals surface area (Å²) in [4.78, 5) is 15.8. The number of benzene rings is 1. The number of nitrogens with zero attached hydrogens (tertiary/aromatic N) is 2. The Kier molecular flexibility index (Phi) is 3.51. The molecule has 0 bridgehead atoms. The minimum atomic E-state index is -0.623. The van der Waals surface area contributed by atoms with E-state index in [0.717, 1.165) is 6.42 Å². The van der Waals surface area contributed by atoms with Crippen LogP contribution in [0.4, 0.5) is 0 Å². The highest BCUT2D eigenvalue weighted by Gasteiger charge is 2.44. The molecule has 1 saturated carbocycles. The van der Waals surface area contributed by atoms with Gasteiger partial charge in [0.1, 0.15) is 0 Å². The van der Waals surface area contributed by atoms with Gasteiger partial charge in [0, 0.05) is 12.8 Å². The normalized spacial score (nSPS) is 20.7. The molecule has 1 heterocycles. The van der Waals surface area contributed by atoms with Crippen molar-refractivity contribution in [2.24, 2.45) is 0 Å². The first-order chi connectivity index (χ1) is 10.4. The van der Waals surface area contributed by atoms with Gasteiger partial charge in [-0.05, 0) is 38.7 Å². The largest absolute Gasteiger partial charge is 0.344 e. The number of nitrogens with one attached hydrogen (secondary N) is 1. The molecule has 3 rings (SSSR count). The molecule has 1 fully saturated rings. The summed E-state index contributed by atoms with van der Waals surface area (Å²) in [6.07, 6.45) is 1.03. The molecule has 2 aromatic rings. The third kappa shape index (κ3) is 2.89. The van der Waals surface area contributed by atoms with E-state index in [-0.39, 0.29) is 11.8 Å². The van der Waals surface area contributed by atoms with Crippen molar-refractivity contribution in [3.63, 3.8) is 0 Å². The van der Waals surface area contributed by atoms with Crippen LogP contribution in [0.5, 0.6) is 0 Å². The van der Waals surface area contributed by atoms with Gasteiger partial charge in [-0.3, -0.25) is 4.79 Å². The molecule has 5 nitrogen and oxygen atoms in total. The number of hydrogen-bond acceptors (Lipinski definition) is 4. The highest BCUT2D eigenvalue weighted by Crippen LogP contribution is 2.54. The van der Waals surface area contributed by atoms with Gasteiger partial charge in [0.05, 0.1) is 5.54 Å². The van der Waals surface area contributed by atoms with Gasteiger partial charge in [0.15, 0.2) is 5.82 Å². The molecule has 2 atom stereocenters. The number of aromatic nitrogens is 2. The Morgan fingerprint density at radius 3 is 2.59 bits per heavy atom. The molecule has 1 amide bonds. The lowest BCUT2D eigenvalue weighted by molar-refractivity contribution is -0.120. The Hall–Kier alpha value is -2.17. The summed E-state index contributed by atoms with van der Waals surface area (Å²) < 4.78 is 5.42. The van der Waals surface area contributed by atoms with Crippen LogP contribution in [0.2, 0.25) is 0 Å². The van der Waals surface area contributed by atoms with Gasteiger partial charge < -0.3 is 9.84 Å². The van der Waals surface area contributed by atoms with Crippen molar-refractivity contribution in [3.8, 4) is 0 Å². The molecule has 0 unspecified atom stereocenters. The van der Waals surface area contributed by atoms with Crippen LogP contribution in [0.25, 0.3) is 0 Å². The molecule has 116 valence electrons. The molecule has 0 aliphatic heterocycles. The fraction of sp³-hybridized carbons (Fsp3) is 0.471. The smallest absolute Gasteiger partial charge is 0.230 e. The predicted molar refractivity (Wildman–Crippen MR) is 82.4 cm³/mol. The van der Waals surface area contributed by atoms with Crippen LogP contribution in [0.1, 0.15) is 61.9 Å². The standard InChI is InChI=1S/C17H21N3O2/c1-10-5-7-12(8-6-10)13-9-14(13)15-18-16(20-22-15)17(3,4)19-11(2)21/h5-8,13-14H,9H2,1-4H3,(H,19,21)/t13-,14+/m0/s1. The zero-order valence-electron chi connectivity index (χ0n) is 13.4. The van der Waals surface area contributed by atoms with E-state index in [1.54, 1.807) is 0 Å². The molecule has 1 aliphatic carbocycles. The lowest BCUT2D eigenvalue weighted by atomic mass is 10.1. The number of rotatable bonds is 4. The molecule has 1 aliphatic rings. The monoisotopic (exact) mass is 299 g/mol. The molecular formula is C17H21N3O2. The van der Waals surface area contributed by atoms with Gasteiger partial charge in [-0.1, -0.05) is 35.0 Å². The molecule has 0 radical (unpaired) electrons. The van der Waals surface area contributed by atoms with Crippen molar-refractivity contribution >= 4 is 5.91 Å². The van der Waals surface area contributed by atoms with Crippen molar-refractivity contribution in [1.29, 1.82) is 0 Å². The number of hydrogen-bond donors (Lipinski definition) is 1. The van der Waals surface area contributed by atoms with Gasteiger partial charge in [0.25, 0.3) is 0 Å². The van der Waals surface area contributed by atoms with Crippen molar-refractivity contribution in [3.05, 3.63) is 47.1 Å². The second kappa shape index (κ2) is 5.23. The Morgan fingerprint density at radius 1 is 1.27 bits per heavy atom. The second-order valence-electron chi connectivity index (χ2n) is 6.62. The van der Waals surface area contributed by atoms with E-state index in [2.05, 4.69) is 46.6 Å². The molecule has 1 aromatic heterocycles. The third-order valence-corrected chi connectivity index (χ3v) is 4.10. The average Bonchev–Trinajstić information content (AvgIpc) is 3.06. The van der Waals surface area contributed by atoms with Crippen LogP contribution in [-0.4, -0.2) is 16.0 Å². The molecular weight excluding hydrogens is 278 g/mol. The number of amides is 1. The number of carbonyl (C=O) groups excluding carboxylic acids is 1. The minimum absolute atomic E-state index is 0.111. The molecule has 0 saturated heterocycles. The second-order valence-corrected chi connectivity index (χ2v) is 6.62. The van der Waals surface area contributed by atoms with Crippen LogP contribution < -0.4 is 5.32 Å². The summed E-state index contributed by atoms with van der Waals surface area (Å²) >= 11 is 0. The number of carbonyl (C=O) groups is 1. The summed E-state index contributed by atoms with van der Waals surface area (Å²) in [6.45, 7) is 7.31. The van der Waals surface area contributed by atoms with Crippen molar-refractivity contribution in [2.75, 3.05) is 0 Å². The Morgan fingerprint density at radius 2 is 1.95 bits per heavy atom. The molecule has 1 aromatic carbocycles. The van der Waals surface area contributed by atoms with Crippen LogP contribution >= 0.6 is 0 Å². The Labute approximate surface area is 130 Å². The van der Waals surface area contributed by atoms with Gasteiger partial charge in [-0.15, -0.1) is 0 Å². The first-order valence-corrected chi connectivity index (χ1v) is 7.56. The van der Waals surface area contributed by atoms with Crippen molar-refractivity contribution in [1.82, 2.24) is 15.5 Å². The van der Waals surface area contributed by atoms with Gasteiger partial charge in [-0.2, -0.15) is 4.98 Å². The molecule has 5 heteroatoms. The maximum atomic E-state index is 11.3. The fourth-order valence-corrected chi connectivity index (χ4v) is 2.79. The summed E-state index contributed by atoms with van der Waals surface area (Å²) in [5, 5.41) is 6.88. The van der Waals surface area contributed by atoms with Gasteiger partial charge in [-0.25, -0.2) is 0 Å². The van der Waals surface area contributed by atoms with Crippen LogP contribution in [-0.2, 0) is 10.3 Å². The van der Waals surface area contributed by atoms with E-state index in [4.69, 9.17) is 4.52 Å². The summed E-state index contributed by atoms with van der Waals surface area (Å²) in [6, 6.07) is 8.59. The van der Waals surface area contributed by atoms with E-state index in [1.807, 2.05) is 13.8 Å². The topological polar surface area (TPSA) is 68.0 Å². The minimum Gasteiger partial charge on any atom is -0.344 e. The average molecular weight is 299 g/mol. The van der Waals surface area contributed by atoms with E-state index in [0.29, 0.717) is 17.6 Å². The summed E-state index contributed by atoms with van der Waals surface area (Å²) in [5.74, 6) is 1.82. The lowest BCUT2D eigenvalue weighted by Crippen LogP contribution is -2.40. The van der Waals surface area contributed by atoms with Crippen LogP contribution in [0.15, 0.2) is 28.8 Å². The highest BCUT2D eigenvalue weighted by molar-refractivity contribution is 5.73.